The molecular weight excluding hydrogens is 468 g/mol. The zero-order valence-electron chi connectivity index (χ0n) is 22.7. The number of carbonyl (C=O) groups is 2. The first-order valence-electron chi connectivity index (χ1n) is 13.6. The lowest BCUT2D eigenvalue weighted by atomic mass is 9.71. The number of nitrogens with one attached hydrogen (secondary N) is 1. The average Bonchev–Trinajstić information content (AvgIpc) is 3.50. The molecule has 3 rings (SSSR count). The van der Waals surface area contributed by atoms with E-state index >= 15 is 0 Å². The van der Waals surface area contributed by atoms with E-state index in [4.69, 9.17) is 4.74 Å². The first kappa shape index (κ1) is 29.2. The molecule has 2 unspecified atom stereocenters. The lowest BCUT2D eigenvalue weighted by molar-refractivity contribution is -0.144. The number of ether oxygens (including phenoxy) is 1. The van der Waals surface area contributed by atoms with Gasteiger partial charge in [0.25, 0.3) is 0 Å². The van der Waals surface area contributed by atoms with Gasteiger partial charge < -0.3 is 20.3 Å². The van der Waals surface area contributed by atoms with Gasteiger partial charge in [0.1, 0.15) is 5.78 Å². The van der Waals surface area contributed by atoms with Crippen molar-refractivity contribution in [1.29, 1.82) is 0 Å². The van der Waals surface area contributed by atoms with Gasteiger partial charge in [-0.25, -0.2) is 0 Å². The van der Waals surface area contributed by atoms with Gasteiger partial charge in [-0.3, -0.25) is 14.6 Å². The van der Waals surface area contributed by atoms with Crippen molar-refractivity contribution in [3.8, 4) is 0 Å². The largest absolute Gasteiger partial charge is 0.392 e. The minimum atomic E-state index is -1.20. The van der Waals surface area contributed by atoms with Crippen molar-refractivity contribution in [2.45, 2.75) is 103 Å². The van der Waals surface area contributed by atoms with E-state index < -0.39 is 23.5 Å². The van der Waals surface area contributed by atoms with Crippen LogP contribution in [0.15, 0.2) is 43.1 Å². The molecule has 7 heteroatoms. The Bertz CT molecular complexity index is 962. The van der Waals surface area contributed by atoms with Gasteiger partial charge in [-0.2, -0.15) is 0 Å². The fraction of sp³-hybridized carbons (Fsp3) is 0.633. The maximum absolute atomic E-state index is 13.6. The number of rotatable bonds is 5. The van der Waals surface area contributed by atoms with Crippen molar-refractivity contribution in [2.75, 3.05) is 0 Å². The van der Waals surface area contributed by atoms with E-state index in [-0.39, 0.29) is 41.8 Å². The summed E-state index contributed by atoms with van der Waals surface area (Å²) < 4.78 is 6.08. The van der Waals surface area contributed by atoms with Gasteiger partial charge in [-0.05, 0) is 56.7 Å². The van der Waals surface area contributed by atoms with Gasteiger partial charge >= 0.3 is 0 Å². The Balaban J connectivity index is 1.84. The Morgan fingerprint density at radius 3 is 2.68 bits per heavy atom. The highest BCUT2D eigenvalue weighted by Gasteiger charge is 2.52. The predicted molar refractivity (Wildman–Crippen MR) is 144 cm³/mol. The summed E-state index contributed by atoms with van der Waals surface area (Å²) in [5.41, 5.74) is -0.685. The lowest BCUT2D eigenvalue weighted by Crippen LogP contribution is -2.48. The highest BCUT2D eigenvalue weighted by Crippen LogP contribution is 2.44. The Labute approximate surface area is 221 Å². The molecule has 2 aliphatic rings. The number of amides is 1. The SMILES string of the molecule is C=CCC[C@H]1C(=O)C(C)(C)[C@@H](O)CC(=O)N[C@H](C=Cc2ccccn2)CC2OC2(C)CCC[C@H](C)[C@H]1O. The van der Waals surface area contributed by atoms with E-state index in [0.717, 1.165) is 25.0 Å². The van der Waals surface area contributed by atoms with Crippen LogP contribution in [0.25, 0.3) is 6.08 Å². The third-order valence-electron chi connectivity index (χ3n) is 8.23. The summed E-state index contributed by atoms with van der Waals surface area (Å²) in [6, 6.07) is 5.34. The fourth-order valence-electron chi connectivity index (χ4n) is 5.35. The van der Waals surface area contributed by atoms with Crippen LogP contribution in [0.2, 0.25) is 0 Å². The first-order valence-corrected chi connectivity index (χ1v) is 13.6. The summed E-state index contributed by atoms with van der Waals surface area (Å²) in [6.07, 6.45) is 9.14. The molecule has 2 saturated heterocycles. The number of pyridine rings is 1. The van der Waals surface area contributed by atoms with Crippen LogP contribution in [-0.4, -0.2) is 56.8 Å². The number of Topliss-reactive ketones (excluding diaryl/α,β-unsaturated/α-hetero) is 1. The lowest BCUT2D eigenvalue weighted by Gasteiger charge is -2.36. The molecule has 0 aliphatic carbocycles. The molecule has 0 spiro atoms. The van der Waals surface area contributed by atoms with Crippen LogP contribution in [-0.2, 0) is 14.3 Å². The summed E-state index contributed by atoms with van der Waals surface area (Å²) in [4.78, 5) is 31.0. The number of nitrogens with zero attached hydrogens (tertiary/aromatic N) is 1. The summed E-state index contributed by atoms with van der Waals surface area (Å²) in [5.74, 6) is -1.28. The molecule has 7 nitrogen and oxygen atoms in total. The molecule has 1 aromatic rings. The molecule has 1 aromatic heterocycles. The second-order valence-electron chi connectivity index (χ2n) is 11.6. The number of hydrogen-bond donors (Lipinski definition) is 3. The second kappa shape index (κ2) is 12.5. The highest BCUT2D eigenvalue weighted by molar-refractivity contribution is 5.88. The molecule has 2 fully saturated rings. The predicted octanol–water partition coefficient (Wildman–Crippen LogP) is 4.24. The number of ketones is 1. The molecule has 37 heavy (non-hydrogen) atoms. The zero-order valence-corrected chi connectivity index (χ0v) is 22.7. The maximum Gasteiger partial charge on any atom is 0.223 e. The van der Waals surface area contributed by atoms with E-state index in [9.17, 15) is 19.8 Å². The van der Waals surface area contributed by atoms with E-state index in [2.05, 4.69) is 23.8 Å². The normalized spacial score (nSPS) is 35.5. The van der Waals surface area contributed by atoms with Crippen molar-refractivity contribution < 1.29 is 24.5 Å². The molecule has 3 N–H and O–H groups in total. The molecule has 204 valence electrons. The number of aromatic nitrogens is 1. The van der Waals surface area contributed by atoms with Gasteiger partial charge in [0.15, 0.2) is 0 Å². The number of fused-ring (bicyclic) bond motifs is 1. The zero-order chi connectivity index (χ0) is 27.2. The molecule has 1 amide bonds. The number of epoxide rings is 1. The minimum Gasteiger partial charge on any atom is -0.392 e. The Kier molecular flexibility index (Phi) is 9.84. The van der Waals surface area contributed by atoms with Gasteiger partial charge in [0.05, 0.1) is 47.5 Å². The highest BCUT2D eigenvalue weighted by atomic mass is 16.6. The van der Waals surface area contributed by atoms with Crippen LogP contribution in [0.5, 0.6) is 0 Å². The van der Waals surface area contributed by atoms with Gasteiger partial charge in [-0.1, -0.05) is 45.4 Å². The number of aliphatic hydroxyl groups is 2. The van der Waals surface area contributed by atoms with Crippen molar-refractivity contribution in [3.63, 3.8) is 0 Å². The summed E-state index contributed by atoms with van der Waals surface area (Å²) >= 11 is 0. The standard InChI is InChI=1S/C30H44N2O5/c1-6-7-13-23-27(35)20(2)11-10-16-30(5)25(37-30)18-22(15-14-21-12-8-9-17-31-21)32-26(34)19-24(33)29(3,4)28(23)36/h6,8-9,12,14-15,17,20,22-25,27,33,35H,1,7,10-11,13,16,18-19H2,2-5H3,(H,32,34)/t20-,22+,23+,24-,25?,27+,30?/m0/s1. The number of allylic oxidation sites excluding steroid dienone is 1. The molecule has 3 heterocycles. The van der Waals surface area contributed by atoms with E-state index in [1.807, 2.05) is 37.3 Å². The quantitative estimate of drug-likeness (QED) is 0.402. The topological polar surface area (TPSA) is 112 Å². The van der Waals surface area contributed by atoms with Gasteiger partial charge in [0, 0.05) is 18.5 Å². The number of carbonyl (C=O) groups excluding carboxylic acids is 2. The van der Waals surface area contributed by atoms with Crippen molar-refractivity contribution >= 4 is 17.8 Å². The smallest absolute Gasteiger partial charge is 0.223 e. The monoisotopic (exact) mass is 512 g/mol. The van der Waals surface area contributed by atoms with Crippen molar-refractivity contribution in [3.05, 3.63) is 48.8 Å². The Morgan fingerprint density at radius 2 is 2.00 bits per heavy atom. The maximum atomic E-state index is 13.6. The van der Waals surface area contributed by atoms with E-state index in [0.29, 0.717) is 19.3 Å². The molecule has 0 radical (unpaired) electrons. The summed E-state index contributed by atoms with van der Waals surface area (Å²) in [7, 11) is 0. The summed E-state index contributed by atoms with van der Waals surface area (Å²) in [6.45, 7) is 11.2. The molecular formula is C30H44N2O5. The van der Waals surface area contributed by atoms with Crippen LogP contribution in [0, 0.1) is 17.3 Å². The molecule has 0 aromatic carbocycles. The molecule has 0 bridgehead atoms. The van der Waals surface area contributed by atoms with E-state index in [1.54, 1.807) is 26.1 Å². The van der Waals surface area contributed by atoms with Gasteiger partial charge in [0.2, 0.25) is 5.91 Å². The molecule has 2 aliphatic heterocycles. The van der Waals surface area contributed by atoms with Crippen molar-refractivity contribution in [1.82, 2.24) is 10.3 Å². The van der Waals surface area contributed by atoms with Crippen LogP contribution >= 0.6 is 0 Å². The third kappa shape index (κ3) is 7.59. The first-order chi connectivity index (χ1) is 17.5. The van der Waals surface area contributed by atoms with E-state index in [1.165, 1.54) is 0 Å². The van der Waals surface area contributed by atoms with Gasteiger partial charge in [-0.15, -0.1) is 6.58 Å². The minimum absolute atomic E-state index is 0.00241. The van der Waals surface area contributed by atoms with Crippen LogP contribution in [0.4, 0.5) is 0 Å². The fourth-order valence-corrected chi connectivity index (χ4v) is 5.35. The molecule has 7 atom stereocenters. The Morgan fingerprint density at radius 1 is 1.24 bits per heavy atom. The van der Waals surface area contributed by atoms with Crippen LogP contribution < -0.4 is 5.32 Å². The van der Waals surface area contributed by atoms with Crippen LogP contribution in [0.1, 0.15) is 78.3 Å². The second-order valence-corrected chi connectivity index (χ2v) is 11.6. The number of aliphatic hydroxyl groups excluding tert-OH is 2. The van der Waals surface area contributed by atoms with Crippen LogP contribution in [0.3, 0.4) is 0 Å². The Hall–Kier alpha value is -2.35. The number of hydrogen-bond acceptors (Lipinski definition) is 6. The average molecular weight is 513 g/mol. The molecule has 0 saturated carbocycles. The third-order valence-corrected chi connectivity index (χ3v) is 8.23. The van der Waals surface area contributed by atoms with Crippen molar-refractivity contribution in [2.24, 2.45) is 17.3 Å². The summed E-state index contributed by atoms with van der Waals surface area (Å²) in [5, 5.41) is 25.2.